The summed E-state index contributed by atoms with van der Waals surface area (Å²) in [6.45, 7) is 2.35. The Bertz CT molecular complexity index is 701. The van der Waals surface area contributed by atoms with Crippen molar-refractivity contribution in [1.29, 1.82) is 0 Å². The molecule has 0 atom stereocenters. The number of benzene rings is 2. The van der Waals surface area contributed by atoms with Gasteiger partial charge in [0, 0.05) is 12.6 Å². The van der Waals surface area contributed by atoms with Gasteiger partial charge in [-0.3, -0.25) is 14.9 Å². The Balaban J connectivity index is 2.14. The van der Waals surface area contributed by atoms with Crippen molar-refractivity contribution >= 4 is 27.5 Å². The van der Waals surface area contributed by atoms with E-state index in [4.69, 9.17) is 0 Å². The second-order valence-corrected chi connectivity index (χ2v) is 5.36. The van der Waals surface area contributed by atoms with Crippen molar-refractivity contribution in [3.8, 4) is 0 Å². The van der Waals surface area contributed by atoms with Gasteiger partial charge in [0.15, 0.2) is 0 Å². The van der Waals surface area contributed by atoms with E-state index in [1.807, 2.05) is 31.2 Å². The maximum absolute atomic E-state index is 12.1. The summed E-state index contributed by atoms with van der Waals surface area (Å²) in [5, 5.41) is 13.6. The number of hydrogen-bond donors (Lipinski definition) is 1. The van der Waals surface area contributed by atoms with Gasteiger partial charge in [-0.25, -0.2) is 0 Å². The predicted molar refractivity (Wildman–Crippen MR) is 83.1 cm³/mol. The van der Waals surface area contributed by atoms with Crippen molar-refractivity contribution < 1.29 is 9.72 Å². The first-order valence-electron chi connectivity index (χ1n) is 6.25. The summed E-state index contributed by atoms with van der Waals surface area (Å²) in [4.78, 5) is 22.5. The molecule has 21 heavy (non-hydrogen) atoms. The predicted octanol–water partition coefficient (Wildman–Crippen LogP) is 3.60. The SMILES string of the molecule is Cc1cccc(CNC(=O)c2cccc([N+](=O)[O-])c2Br)c1. The molecular weight excluding hydrogens is 336 g/mol. The van der Waals surface area contributed by atoms with Gasteiger partial charge in [-0.15, -0.1) is 0 Å². The third kappa shape index (κ3) is 3.66. The lowest BCUT2D eigenvalue weighted by Crippen LogP contribution is -2.23. The Kier molecular flexibility index (Phi) is 4.70. The number of carbonyl (C=O) groups is 1. The summed E-state index contributed by atoms with van der Waals surface area (Å²) in [7, 11) is 0. The van der Waals surface area contributed by atoms with Crippen LogP contribution in [0.15, 0.2) is 46.9 Å². The summed E-state index contributed by atoms with van der Waals surface area (Å²) in [5.41, 5.74) is 2.21. The molecule has 0 spiro atoms. The molecule has 0 aliphatic heterocycles. The molecule has 0 saturated carbocycles. The highest BCUT2D eigenvalue weighted by molar-refractivity contribution is 9.10. The van der Waals surface area contributed by atoms with Crippen molar-refractivity contribution in [3.63, 3.8) is 0 Å². The average molecular weight is 349 g/mol. The van der Waals surface area contributed by atoms with Crippen molar-refractivity contribution in [2.75, 3.05) is 0 Å². The van der Waals surface area contributed by atoms with E-state index in [0.29, 0.717) is 6.54 Å². The molecule has 0 aliphatic rings. The fraction of sp³-hybridized carbons (Fsp3) is 0.133. The van der Waals surface area contributed by atoms with E-state index >= 15 is 0 Å². The topological polar surface area (TPSA) is 72.2 Å². The van der Waals surface area contributed by atoms with E-state index in [2.05, 4.69) is 21.2 Å². The van der Waals surface area contributed by atoms with Gasteiger partial charge in [-0.05, 0) is 34.5 Å². The molecule has 2 aromatic rings. The van der Waals surface area contributed by atoms with Crippen LogP contribution in [-0.2, 0) is 6.54 Å². The van der Waals surface area contributed by atoms with Crippen molar-refractivity contribution in [3.05, 3.63) is 73.7 Å². The Morgan fingerprint density at radius 2 is 2.00 bits per heavy atom. The molecule has 0 bridgehead atoms. The molecule has 108 valence electrons. The van der Waals surface area contributed by atoms with Crippen LogP contribution in [-0.4, -0.2) is 10.8 Å². The van der Waals surface area contributed by atoms with Crippen LogP contribution < -0.4 is 5.32 Å². The lowest BCUT2D eigenvalue weighted by atomic mass is 10.1. The number of hydrogen-bond acceptors (Lipinski definition) is 3. The largest absolute Gasteiger partial charge is 0.348 e. The quantitative estimate of drug-likeness (QED) is 0.677. The average Bonchev–Trinajstić information content (AvgIpc) is 2.45. The second-order valence-electron chi connectivity index (χ2n) is 4.57. The number of nitrogens with one attached hydrogen (secondary N) is 1. The maximum Gasteiger partial charge on any atom is 0.284 e. The van der Waals surface area contributed by atoms with Crippen LogP contribution in [0.4, 0.5) is 5.69 Å². The number of aryl methyl sites for hydroxylation is 1. The summed E-state index contributed by atoms with van der Waals surface area (Å²) in [6.07, 6.45) is 0. The number of amides is 1. The lowest BCUT2D eigenvalue weighted by molar-refractivity contribution is -0.385. The van der Waals surface area contributed by atoms with E-state index < -0.39 is 4.92 Å². The summed E-state index contributed by atoms with van der Waals surface area (Å²) < 4.78 is 0.191. The molecule has 0 fully saturated rings. The highest BCUT2D eigenvalue weighted by atomic mass is 79.9. The van der Waals surface area contributed by atoms with E-state index in [1.165, 1.54) is 12.1 Å². The van der Waals surface area contributed by atoms with Crippen LogP contribution in [0.3, 0.4) is 0 Å². The second kappa shape index (κ2) is 6.49. The van der Waals surface area contributed by atoms with Crippen LogP contribution in [0.25, 0.3) is 0 Å². The van der Waals surface area contributed by atoms with Crippen LogP contribution in [0.2, 0.25) is 0 Å². The van der Waals surface area contributed by atoms with Gasteiger partial charge >= 0.3 is 0 Å². The van der Waals surface area contributed by atoms with Crippen molar-refractivity contribution in [1.82, 2.24) is 5.32 Å². The van der Waals surface area contributed by atoms with Gasteiger partial charge in [0.05, 0.1) is 10.5 Å². The molecule has 0 heterocycles. The van der Waals surface area contributed by atoms with Crippen LogP contribution >= 0.6 is 15.9 Å². The van der Waals surface area contributed by atoms with Crippen molar-refractivity contribution in [2.45, 2.75) is 13.5 Å². The first kappa shape index (κ1) is 15.2. The molecule has 0 radical (unpaired) electrons. The molecule has 2 aromatic carbocycles. The van der Waals surface area contributed by atoms with Crippen LogP contribution in [0.1, 0.15) is 21.5 Å². The van der Waals surface area contributed by atoms with E-state index in [1.54, 1.807) is 6.07 Å². The first-order chi connectivity index (χ1) is 9.99. The highest BCUT2D eigenvalue weighted by Crippen LogP contribution is 2.28. The molecule has 0 aliphatic carbocycles. The minimum absolute atomic E-state index is 0.127. The number of rotatable bonds is 4. The number of carbonyl (C=O) groups excluding carboxylic acids is 1. The Labute approximate surface area is 130 Å². The molecular formula is C15H13BrN2O3. The molecule has 1 amide bonds. The van der Waals surface area contributed by atoms with Crippen LogP contribution in [0, 0.1) is 17.0 Å². The normalized spacial score (nSPS) is 10.2. The van der Waals surface area contributed by atoms with Gasteiger partial charge in [-0.2, -0.15) is 0 Å². The molecule has 0 aromatic heterocycles. The minimum Gasteiger partial charge on any atom is -0.348 e. The number of nitro benzene ring substituents is 1. The van der Waals surface area contributed by atoms with E-state index in [0.717, 1.165) is 11.1 Å². The molecule has 0 saturated heterocycles. The van der Waals surface area contributed by atoms with Gasteiger partial charge in [0.1, 0.15) is 4.47 Å². The molecule has 2 rings (SSSR count). The summed E-state index contributed by atoms with van der Waals surface area (Å²) in [5.74, 6) is -0.355. The maximum atomic E-state index is 12.1. The van der Waals surface area contributed by atoms with Gasteiger partial charge in [0.25, 0.3) is 11.6 Å². The van der Waals surface area contributed by atoms with E-state index in [9.17, 15) is 14.9 Å². The number of nitro groups is 1. The Morgan fingerprint density at radius 1 is 1.29 bits per heavy atom. The van der Waals surface area contributed by atoms with Gasteiger partial charge in [0.2, 0.25) is 0 Å². The van der Waals surface area contributed by atoms with E-state index in [-0.39, 0.29) is 21.6 Å². The molecule has 6 heteroatoms. The first-order valence-corrected chi connectivity index (χ1v) is 7.05. The summed E-state index contributed by atoms with van der Waals surface area (Å²) in [6, 6.07) is 12.2. The standard InChI is InChI=1S/C15H13BrN2O3/c1-10-4-2-5-11(8-10)9-17-15(19)12-6-3-7-13(14(12)16)18(20)21/h2-8H,9H2,1H3,(H,17,19). The zero-order valence-electron chi connectivity index (χ0n) is 11.3. The lowest BCUT2D eigenvalue weighted by Gasteiger charge is -2.07. The molecule has 1 N–H and O–H groups in total. The Hall–Kier alpha value is -2.21. The zero-order chi connectivity index (χ0) is 15.4. The monoisotopic (exact) mass is 348 g/mol. The highest BCUT2D eigenvalue weighted by Gasteiger charge is 2.19. The molecule has 0 unspecified atom stereocenters. The fourth-order valence-corrected chi connectivity index (χ4v) is 2.53. The van der Waals surface area contributed by atoms with Gasteiger partial charge in [-0.1, -0.05) is 35.9 Å². The third-order valence-corrected chi connectivity index (χ3v) is 3.79. The Morgan fingerprint density at radius 3 is 2.67 bits per heavy atom. The number of halogens is 1. The van der Waals surface area contributed by atoms with Gasteiger partial charge < -0.3 is 5.32 Å². The van der Waals surface area contributed by atoms with Crippen LogP contribution in [0.5, 0.6) is 0 Å². The zero-order valence-corrected chi connectivity index (χ0v) is 12.9. The third-order valence-electron chi connectivity index (χ3n) is 2.96. The minimum atomic E-state index is -0.526. The smallest absolute Gasteiger partial charge is 0.284 e. The fourth-order valence-electron chi connectivity index (χ4n) is 1.94. The van der Waals surface area contributed by atoms with Crippen molar-refractivity contribution in [2.24, 2.45) is 0 Å². The summed E-state index contributed by atoms with van der Waals surface area (Å²) >= 11 is 3.12. The molecule has 5 nitrogen and oxygen atoms in total. The number of nitrogens with zero attached hydrogens (tertiary/aromatic N) is 1.